The Morgan fingerprint density at radius 1 is 1.25 bits per heavy atom. The number of benzene rings is 1. The number of allylic oxidation sites excluding steroid dienone is 2. The molecule has 0 spiro atoms. The Bertz CT molecular complexity index is 1080. The van der Waals surface area contributed by atoms with Crippen LogP contribution in [-0.4, -0.2) is 27.1 Å². The van der Waals surface area contributed by atoms with Crippen LogP contribution in [-0.2, 0) is 11.3 Å². The van der Waals surface area contributed by atoms with Crippen molar-refractivity contribution in [2.24, 2.45) is 0 Å². The van der Waals surface area contributed by atoms with Crippen molar-refractivity contribution in [2.45, 2.75) is 38.6 Å². The number of nitrogens with two attached hydrogens (primary N) is 1. The molecule has 0 aliphatic heterocycles. The summed E-state index contributed by atoms with van der Waals surface area (Å²) in [7, 11) is 0. The lowest BCUT2D eigenvalue weighted by Crippen LogP contribution is -2.10. The second kappa shape index (κ2) is 7.84. The topological polar surface area (TPSA) is 83.0 Å². The summed E-state index contributed by atoms with van der Waals surface area (Å²) in [5.74, 6) is -0.140. The van der Waals surface area contributed by atoms with E-state index in [4.69, 9.17) is 15.5 Å². The number of rotatable bonds is 6. The van der Waals surface area contributed by atoms with Crippen molar-refractivity contribution in [2.75, 3.05) is 12.3 Å². The number of para-hydroxylation sites is 2. The third kappa shape index (κ3) is 3.38. The van der Waals surface area contributed by atoms with E-state index < -0.39 is 5.97 Å². The van der Waals surface area contributed by atoms with Gasteiger partial charge in [0, 0.05) is 6.54 Å². The first-order chi connectivity index (χ1) is 13.7. The van der Waals surface area contributed by atoms with E-state index >= 15 is 0 Å². The Morgan fingerprint density at radius 3 is 2.75 bits per heavy atom. The molecule has 2 heterocycles. The van der Waals surface area contributed by atoms with Gasteiger partial charge in [0.2, 0.25) is 0 Å². The molecule has 3 aromatic rings. The highest BCUT2D eigenvalue weighted by atomic mass is 16.5. The molecule has 6 nitrogen and oxygen atoms in total. The largest absolute Gasteiger partial charge is 0.458 e. The molecule has 0 saturated heterocycles. The number of carbonyl (C=O) groups excluding carboxylic acids is 1. The quantitative estimate of drug-likeness (QED) is 0.509. The number of nitrogen functional groups attached to an aromatic ring is 1. The summed E-state index contributed by atoms with van der Waals surface area (Å²) in [4.78, 5) is 22.1. The number of esters is 1. The number of aromatic nitrogens is 3. The standard InChI is InChI=1S/C22H24N4O2/c1-2-14-28-22(27)18-19-21(25-17-11-7-6-10-16(17)24-19)26(20(18)23)13-12-15-8-4-3-5-9-15/h2,6-8,10-11H,1,3-5,9,12-14,23H2. The Balaban J connectivity index is 1.81. The highest BCUT2D eigenvalue weighted by Gasteiger charge is 2.25. The lowest BCUT2D eigenvalue weighted by atomic mass is 9.97. The number of hydrogen-bond donors (Lipinski definition) is 1. The number of fused-ring (bicyclic) bond motifs is 2. The minimum absolute atomic E-state index is 0.124. The van der Waals surface area contributed by atoms with Gasteiger partial charge in [-0.15, -0.1) is 0 Å². The molecule has 0 fully saturated rings. The number of anilines is 1. The fourth-order valence-corrected chi connectivity index (χ4v) is 3.74. The summed E-state index contributed by atoms with van der Waals surface area (Å²) < 4.78 is 7.15. The van der Waals surface area contributed by atoms with Crippen molar-refractivity contribution in [3.05, 3.63) is 54.1 Å². The number of aryl methyl sites for hydroxylation is 1. The molecule has 2 aromatic heterocycles. The Hall–Kier alpha value is -3.15. The summed E-state index contributed by atoms with van der Waals surface area (Å²) in [5.41, 5.74) is 10.7. The van der Waals surface area contributed by atoms with Crippen LogP contribution in [0.1, 0.15) is 42.5 Å². The Morgan fingerprint density at radius 2 is 2.04 bits per heavy atom. The molecule has 4 rings (SSSR count). The SMILES string of the molecule is C=CCOC(=O)c1c(N)n(CCC2=CCCCC2)c2nc3ccccc3nc12. The minimum atomic E-state index is -0.498. The molecular weight excluding hydrogens is 352 g/mol. The smallest absolute Gasteiger partial charge is 0.344 e. The zero-order valence-electron chi connectivity index (χ0n) is 15.9. The number of nitrogens with zero attached hydrogens (tertiary/aromatic N) is 3. The highest BCUT2D eigenvalue weighted by Crippen LogP contribution is 2.30. The molecule has 144 valence electrons. The number of ether oxygens (including phenoxy) is 1. The van der Waals surface area contributed by atoms with Crippen molar-refractivity contribution in [3.8, 4) is 0 Å². The maximum atomic E-state index is 12.7. The van der Waals surface area contributed by atoms with E-state index in [-0.39, 0.29) is 12.2 Å². The maximum Gasteiger partial charge on any atom is 0.344 e. The van der Waals surface area contributed by atoms with Crippen LogP contribution < -0.4 is 5.73 Å². The van der Waals surface area contributed by atoms with Gasteiger partial charge in [-0.25, -0.2) is 14.8 Å². The van der Waals surface area contributed by atoms with Crippen LogP contribution in [0, 0.1) is 0 Å². The fraction of sp³-hybridized carbons (Fsp3) is 0.318. The van der Waals surface area contributed by atoms with Crippen LogP contribution in [0.2, 0.25) is 0 Å². The van der Waals surface area contributed by atoms with E-state index in [0.717, 1.165) is 30.3 Å². The molecule has 6 heteroatoms. The summed E-state index contributed by atoms with van der Waals surface area (Å²) in [6, 6.07) is 7.61. The number of carbonyl (C=O) groups is 1. The lowest BCUT2D eigenvalue weighted by molar-refractivity contribution is 0.0553. The maximum absolute atomic E-state index is 12.7. The first kappa shape index (κ1) is 18.2. The van der Waals surface area contributed by atoms with E-state index in [9.17, 15) is 4.79 Å². The van der Waals surface area contributed by atoms with Crippen molar-refractivity contribution < 1.29 is 9.53 Å². The molecule has 1 aromatic carbocycles. The van der Waals surface area contributed by atoms with Crippen molar-refractivity contribution >= 4 is 34.0 Å². The molecule has 0 atom stereocenters. The van der Waals surface area contributed by atoms with Gasteiger partial charge in [0.15, 0.2) is 5.65 Å². The second-order valence-corrected chi connectivity index (χ2v) is 7.04. The van der Waals surface area contributed by atoms with Crippen molar-refractivity contribution in [3.63, 3.8) is 0 Å². The Kier molecular flexibility index (Phi) is 5.10. The van der Waals surface area contributed by atoms with Gasteiger partial charge < -0.3 is 15.0 Å². The molecule has 0 amide bonds. The lowest BCUT2D eigenvalue weighted by Gasteiger charge is -2.14. The normalized spacial score (nSPS) is 14.2. The van der Waals surface area contributed by atoms with Crippen LogP contribution >= 0.6 is 0 Å². The minimum Gasteiger partial charge on any atom is -0.458 e. The average molecular weight is 376 g/mol. The van der Waals surface area contributed by atoms with Gasteiger partial charge in [0.25, 0.3) is 0 Å². The zero-order chi connectivity index (χ0) is 19.5. The molecule has 2 N–H and O–H groups in total. The summed E-state index contributed by atoms with van der Waals surface area (Å²) in [6.07, 6.45) is 9.51. The monoisotopic (exact) mass is 376 g/mol. The fourth-order valence-electron chi connectivity index (χ4n) is 3.74. The van der Waals surface area contributed by atoms with E-state index in [2.05, 4.69) is 17.6 Å². The van der Waals surface area contributed by atoms with E-state index in [0.29, 0.717) is 23.5 Å². The molecule has 0 bridgehead atoms. The average Bonchev–Trinajstić information content (AvgIpc) is 3.00. The summed E-state index contributed by atoms with van der Waals surface area (Å²) in [5, 5.41) is 0. The van der Waals surface area contributed by atoms with Crippen molar-refractivity contribution in [1.82, 2.24) is 14.5 Å². The van der Waals surface area contributed by atoms with Gasteiger partial charge >= 0.3 is 5.97 Å². The molecule has 0 saturated carbocycles. The van der Waals surface area contributed by atoms with Crippen molar-refractivity contribution in [1.29, 1.82) is 0 Å². The first-order valence-electron chi connectivity index (χ1n) is 9.69. The van der Waals surface area contributed by atoms with E-state index in [1.165, 1.54) is 24.5 Å². The van der Waals surface area contributed by atoms with Crippen LogP contribution in [0.5, 0.6) is 0 Å². The zero-order valence-corrected chi connectivity index (χ0v) is 15.9. The molecule has 0 radical (unpaired) electrons. The molecule has 28 heavy (non-hydrogen) atoms. The van der Waals surface area contributed by atoms with E-state index in [1.807, 2.05) is 28.8 Å². The highest BCUT2D eigenvalue weighted by molar-refractivity contribution is 6.08. The van der Waals surface area contributed by atoms with Gasteiger partial charge in [0.05, 0.1) is 11.0 Å². The van der Waals surface area contributed by atoms with Gasteiger partial charge in [-0.3, -0.25) is 0 Å². The predicted molar refractivity (Wildman–Crippen MR) is 111 cm³/mol. The van der Waals surface area contributed by atoms with Gasteiger partial charge in [-0.2, -0.15) is 0 Å². The molecule has 1 aliphatic carbocycles. The van der Waals surface area contributed by atoms with Crippen LogP contribution in [0.25, 0.3) is 22.2 Å². The number of hydrogen-bond acceptors (Lipinski definition) is 5. The summed E-state index contributed by atoms with van der Waals surface area (Å²) >= 11 is 0. The van der Waals surface area contributed by atoms with Crippen LogP contribution in [0.4, 0.5) is 5.82 Å². The third-order valence-corrected chi connectivity index (χ3v) is 5.17. The van der Waals surface area contributed by atoms with E-state index in [1.54, 1.807) is 0 Å². The second-order valence-electron chi connectivity index (χ2n) is 7.04. The van der Waals surface area contributed by atoms with Gasteiger partial charge in [0.1, 0.15) is 23.5 Å². The van der Waals surface area contributed by atoms with Crippen LogP contribution in [0.15, 0.2) is 48.6 Å². The van der Waals surface area contributed by atoms with Gasteiger partial charge in [-0.05, 0) is 44.2 Å². The first-order valence-corrected chi connectivity index (χ1v) is 9.69. The summed E-state index contributed by atoms with van der Waals surface area (Å²) in [6.45, 7) is 4.38. The molecule has 0 unspecified atom stereocenters. The molecular formula is C22H24N4O2. The van der Waals surface area contributed by atoms with Gasteiger partial charge in [-0.1, -0.05) is 36.4 Å². The van der Waals surface area contributed by atoms with Crippen LogP contribution in [0.3, 0.4) is 0 Å². The third-order valence-electron chi connectivity index (χ3n) is 5.17. The predicted octanol–water partition coefficient (Wildman–Crippen LogP) is 4.40. The molecule has 1 aliphatic rings. The Labute approximate surface area is 163 Å².